The standard InChI is InChI=1S/C45H73O12P/c1-3-5-7-9-11-13-15-17-19-21-23-25-27-29-31-33-35-54-36-38(37-55-58(52,53)57-45-43(50)41(48)40(47)42(49)44(45)51)56-39(46)34-32-30-28-26-24-22-20-18-16-14-12-10-8-6-4-2/h5-8,11-14,17-20,23-26,38,40-45,47-51H,3-4,9-10,15-16,21-22,27-37H2,1-2H3,(H,52,53)/b7-5-,8-6-,13-11-,14-12-,19-17-,20-18-,25-23-,26-24-. The quantitative estimate of drug-likeness (QED) is 0.0162. The van der Waals surface area contributed by atoms with Crippen molar-refractivity contribution in [2.24, 2.45) is 0 Å². The number of aliphatic hydroxyl groups excluding tert-OH is 5. The fourth-order valence-corrected chi connectivity index (χ4v) is 6.60. The number of hydrogen-bond donors (Lipinski definition) is 6. The molecule has 0 spiro atoms. The molecule has 6 atom stereocenters. The molecule has 1 fully saturated rings. The van der Waals surface area contributed by atoms with Crippen LogP contribution in [0.5, 0.6) is 0 Å². The Kier molecular flexibility index (Phi) is 32.2. The second-order valence-electron chi connectivity index (χ2n) is 14.1. The molecule has 0 heterocycles. The summed E-state index contributed by atoms with van der Waals surface area (Å²) in [5, 5.41) is 50.1. The van der Waals surface area contributed by atoms with Crippen LogP contribution in [-0.4, -0.2) is 98.9 Å². The molecule has 330 valence electrons. The third kappa shape index (κ3) is 27.1. The van der Waals surface area contributed by atoms with E-state index in [1.807, 2.05) is 0 Å². The van der Waals surface area contributed by atoms with Gasteiger partial charge in [-0.05, 0) is 89.9 Å². The summed E-state index contributed by atoms with van der Waals surface area (Å²) in [6.45, 7) is 3.87. The van der Waals surface area contributed by atoms with Gasteiger partial charge >= 0.3 is 13.8 Å². The van der Waals surface area contributed by atoms with Gasteiger partial charge in [-0.2, -0.15) is 0 Å². The summed E-state index contributed by atoms with van der Waals surface area (Å²) >= 11 is 0. The second-order valence-corrected chi connectivity index (χ2v) is 15.5. The number of carbonyl (C=O) groups excluding carboxylic acids is 1. The van der Waals surface area contributed by atoms with Crippen LogP contribution in [0.1, 0.15) is 117 Å². The van der Waals surface area contributed by atoms with E-state index in [4.69, 9.17) is 18.5 Å². The predicted octanol–water partition coefficient (Wildman–Crippen LogP) is 7.97. The summed E-state index contributed by atoms with van der Waals surface area (Å²) in [6.07, 6.45) is 34.9. The maximum Gasteiger partial charge on any atom is 0.472 e. The van der Waals surface area contributed by atoms with E-state index in [2.05, 4.69) is 111 Å². The van der Waals surface area contributed by atoms with Gasteiger partial charge in [0.15, 0.2) is 0 Å². The minimum Gasteiger partial charge on any atom is -0.457 e. The summed E-state index contributed by atoms with van der Waals surface area (Å²) < 4.78 is 34.0. The third-order valence-electron chi connectivity index (χ3n) is 8.95. The van der Waals surface area contributed by atoms with Gasteiger partial charge in [0.1, 0.15) is 42.7 Å². The number of esters is 1. The van der Waals surface area contributed by atoms with Crippen molar-refractivity contribution in [3.8, 4) is 0 Å². The molecule has 12 nitrogen and oxygen atoms in total. The summed E-state index contributed by atoms with van der Waals surface area (Å²) in [5.74, 6) is -0.535. The molecule has 6 N–H and O–H groups in total. The lowest BCUT2D eigenvalue weighted by atomic mass is 9.85. The fraction of sp³-hybridized carbons (Fsp3) is 0.622. The Morgan fingerprint density at radius 1 is 0.552 bits per heavy atom. The first-order valence-corrected chi connectivity index (χ1v) is 22.6. The lowest BCUT2D eigenvalue weighted by molar-refractivity contribution is -0.220. The Morgan fingerprint density at radius 3 is 1.43 bits per heavy atom. The maximum absolute atomic E-state index is 12.8. The molecule has 0 aliphatic heterocycles. The topological polar surface area (TPSA) is 192 Å². The average molecular weight is 837 g/mol. The monoisotopic (exact) mass is 836 g/mol. The van der Waals surface area contributed by atoms with Crippen molar-refractivity contribution in [3.05, 3.63) is 97.2 Å². The Labute approximate surface area is 347 Å². The molecule has 0 amide bonds. The highest BCUT2D eigenvalue weighted by molar-refractivity contribution is 7.47. The smallest absolute Gasteiger partial charge is 0.457 e. The third-order valence-corrected chi connectivity index (χ3v) is 9.94. The maximum atomic E-state index is 12.8. The van der Waals surface area contributed by atoms with E-state index >= 15 is 0 Å². The molecule has 1 saturated carbocycles. The van der Waals surface area contributed by atoms with Crippen molar-refractivity contribution >= 4 is 13.8 Å². The highest BCUT2D eigenvalue weighted by atomic mass is 31.2. The predicted molar refractivity (Wildman–Crippen MR) is 230 cm³/mol. The van der Waals surface area contributed by atoms with Crippen LogP contribution in [0.2, 0.25) is 0 Å². The lowest BCUT2D eigenvalue weighted by Crippen LogP contribution is -2.64. The first-order valence-electron chi connectivity index (χ1n) is 21.1. The summed E-state index contributed by atoms with van der Waals surface area (Å²) in [4.78, 5) is 23.1. The zero-order valence-electron chi connectivity index (χ0n) is 34.8. The van der Waals surface area contributed by atoms with E-state index in [0.29, 0.717) is 13.0 Å². The number of ether oxygens (including phenoxy) is 2. The zero-order valence-corrected chi connectivity index (χ0v) is 35.7. The van der Waals surface area contributed by atoms with Gasteiger partial charge in [-0.1, -0.05) is 117 Å². The zero-order chi connectivity index (χ0) is 42.7. The molecular weight excluding hydrogens is 763 g/mol. The van der Waals surface area contributed by atoms with Crippen molar-refractivity contribution in [3.63, 3.8) is 0 Å². The number of aliphatic hydroxyl groups is 5. The summed E-state index contributed by atoms with van der Waals surface area (Å²) in [5.41, 5.74) is 0. The van der Waals surface area contributed by atoms with E-state index in [-0.39, 0.29) is 13.0 Å². The van der Waals surface area contributed by atoms with Gasteiger partial charge in [-0.3, -0.25) is 13.8 Å². The van der Waals surface area contributed by atoms with Crippen LogP contribution < -0.4 is 0 Å². The van der Waals surface area contributed by atoms with E-state index in [9.17, 15) is 39.8 Å². The molecule has 0 aromatic heterocycles. The summed E-state index contributed by atoms with van der Waals surface area (Å²) in [7, 11) is -5.04. The molecular formula is C45H73O12P. The molecule has 1 aliphatic carbocycles. The average Bonchev–Trinajstić information content (AvgIpc) is 3.21. The minimum absolute atomic E-state index is 0.118. The molecule has 0 aromatic carbocycles. The van der Waals surface area contributed by atoms with Crippen molar-refractivity contribution in [2.45, 2.75) is 159 Å². The number of hydrogen-bond acceptors (Lipinski definition) is 11. The van der Waals surface area contributed by atoms with E-state index in [1.165, 1.54) is 0 Å². The number of carbonyl (C=O) groups is 1. The van der Waals surface area contributed by atoms with Crippen LogP contribution in [0, 0.1) is 0 Å². The highest BCUT2D eigenvalue weighted by Crippen LogP contribution is 2.47. The number of phosphoric acid groups is 1. The van der Waals surface area contributed by atoms with Crippen LogP contribution in [-0.2, 0) is 27.9 Å². The SMILES string of the molecule is CC/C=C\C/C=C\C/C=C\C/C=C\CCCCCOCC(COP(=O)(O)OC1C(O)C(O)C(O)C(O)C1O)OC(=O)CCCC/C=C\C/C=C\C/C=C\C/C=C\CC. The van der Waals surface area contributed by atoms with Crippen LogP contribution in [0.3, 0.4) is 0 Å². The van der Waals surface area contributed by atoms with Gasteiger partial charge in [0.2, 0.25) is 0 Å². The Hall–Kier alpha value is -2.74. The highest BCUT2D eigenvalue weighted by Gasteiger charge is 2.51. The molecule has 0 aromatic rings. The van der Waals surface area contributed by atoms with E-state index in [0.717, 1.165) is 89.9 Å². The first kappa shape index (κ1) is 53.3. The van der Waals surface area contributed by atoms with Crippen LogP contribution in [0.15, 0.2) is 97.2 Å². The van der Waals surface area contributed by atoms with Gasteiger partial charge in [-0.15, -0.1) is 0 Å². The number of phosphoric ester groups is 1. The van der Waals surface area contributed by atoms with Crippen LogP contribution in [0.25, 0.3) is 0 Å². The molecule has 0 radical (unpaired) electrons. The Balaban J connectivity index is 2.51. The van der Waals surface area contributed by atoms with Gasteiger partial charge in [-0.25, -0.2) is 4.57 Å². The fourth-order valence-electron chi connectivity index (χ4n) is 5.63. The van der Waals surface area contributed by atoms with Crippen molar-refractivity contribution in [2.75, 3.05) is 19.8 Å². The van der Waals surface area contributed by atoms with Crippen LogP contribution in [0.4, 0.5) is 0 Å². The lowest BCUT2D eigenvalue weighted by Gasteiger charge is -2.41. The summed E-state index contributed by atoms with van der Waals surface area (Å²) in [6, 6.07) is 0. The van der Waals surface area contributed by atoms with Gasteiger partial charge in [0.25, 0.3) is 0 Å². The largest absolute Gasteiger partial charge is 0.472 e. The molecule has 1 rings (SSSR count). The van der Waals surface area contributed by atoms with E-state index < -0.39 is 63.1 Å². The molecule has 13 heteroatoms. The molecule has 0 bridgehead atoms. The van der Waals surface area contributed by atoms with Gasteiger partial charge in [0, 0.05) is 13.0 Å². The normalized spacial score (nSPS) is 23.7. The minimum atomic E-state index is -5.04. The number of rotatable bonds is 33. The van der Waals surface area contributed by atoms with Crippen LogP contribution >= 0.6 is 7.82 Å². The molecule has 58 heavy (non-hydrogen) atoms. The molecule has 1 aliphatic rings. The van der Waals surface area contributed by atoms with Crippen molar-refractivity contribution in [1.29, 1.82) is 0 Å². The molecule has 0 saturated heterocycles. The van der Waals surface area contributed by atoms with Gasteiger partial charge in [0.05, 0.1) is 13.2 Å². The van der Waals surface area contributed by atoms with E-state index in [1.54, 1.807) is 0 Å². The number of allylic oxidation sites excluding steroid dienone is 16. The molecule has 6 unspecified atom stereocenters. The second kappa shape index (κ2) is 35.1. The van der Waals surface area contributed by atoms with Crippen molar-refractivity contribution in [1.82, 2.24) is 0 Å². The first-order chi connectivity index (χ1) is 28.0. The Morgan fingerprint density at radius 2 is 0.966 bits per heavy atom. The Bertz CT molecular complexity index is 1320. The van der Waals surface area contributed by atoms with Gasteiger partial charge < -0.3 is 39.9 Å². The van der Waals surface area contributed by atoms with Crippen molar-refractivity contribution < 1.29 is 58.3 Å². The number of unbranched alkanes of at least 4 members (excludes halogenated alkanes) is 5.